The van der Waals surface area contributed by atoms with Gasteiger partial charge in [0.05, 0.1) is 11.7 Å². The summed E-state index contributed by atoms with van der Waals surface area (Å²) in [6, 6.07) is 14.7. The molecule has 156 valence electrons. The number of aromatic nitrogens is 5. The first kappa shape index (κ1) is 19.1. The molecule has 1 fully saturated rings. The van der Waals surface area contributed by atoms with E-state index in [1.54, 1.807) is 30.3 Å². The summed E-state index contributed by atoms with van der Waals surface area (Å²) in [4.78, 5) is 15.2. The first-order valence-corrected chi connectivity index (χ1v) is 9.95. The maximum absolute atomic E-state index is 13.5. The van der Waals surface area contributed by atoms with Crippen LogP contribution in [0.5, 0.6) is 0 Å². The van der Waals surface area contributed by atoms with E-state index in [9.17, 15) is 8.78 Å². The molecule has 1 aliphatic rings. The second kappa shape index (κ2) is 8.10. The summed E-state index contributed by atoms with van der Waals surface area (Å²) in [6.45, 7) is 0.803. The molecule has 2 aromatic carbocycles. The largest absolute Gasteiger partial charge is 0.334 e. The quantitative estimate of drug-likeness (QED) is 0.491. The first-order chi connectivity index (χ1) is 15.2. The summed E-state index contributed by atoms with van der Waals surface area (Å²) in [5, 5.41) is 10.1. The lowest BCUT2D eigenvalue weighted by molar-refractivity contribution is 0.623. The Morgan fingerprint density at radius 3 is 2.71 bits per heavy atom. The molecule has 1 saturated heterocycles. The minimum atomic E-state index is -0.315. The standard InChI is InChI=1S/C22H19F2N7/c23-16-8-6-14(7-9-16)19-5-2-10-31(19)22-26-13-25-21(28-22)27-20-12-18(29-30-20)15-3-1-4-17(24)11-15/h1,3-4,6-9,11-13,19H,2,5,10H2,(H2,25,26,27,28,29,30). The minimum Gasteiger partial charge on any atom is -0.334 e. The van der Waals surface area contributed by atoms with Gasteiger partial charge < -0.3 is 10.2 Å². The van der Waals surface area contributed by atoms with Gasteiger partial charge in [-0.2, -0.15) is 10.1 Å². The van der Waals surface area contributed by atoms with Crippen LogP contribution in [0.3, 0.4) is 0 Å². The highest BCUT2D eigenvalue weighted by Crippen LogP contribution is 2.34. The van der Waals surface area contributed by atoms with E-state index in [1.807, 2.05) is 0 Å². The topological polar surface area (TPSA) is 82.6 Å². The average molecular weight is 419 g/mol. The average Bonchev–Trinajstić information content (AvgIpc) is 3.45. The Morgan fingerprint density at radius 2 is 1.87 bits per heavy atom. The molecule has 9 heteroatoms. The van der Waals surface area contributed by atoms with Crippen molar-refractivity contribution in [1.29, 1.82) is 0 Å². The van der Waals surface area contributed by atoms with E-state index in [4.69, 9.17) is 0 Å². The van der Waals surface area contributed by atoms with Crippen molar-refractivity contribution < 1.29 is 8.78 Å². The number of halogens is 2. The van der Waals surface area contributed by atoms with Crippen molar-refractivity contribution in [2.24, 2.45) is 0 Å². The minimum absolute atomic E-state index is 0.0841. The highest BCUT2D eigenvalue weighted by atomic mass is 19.1. The third kappa shape index (κ3) is 4.07. The molecule has 0 bridgehead atoms. The van der Waals surface area contributed by atoms with Crippen LogP contribution in [0.4, 0.5) is 26.5 Å². The number of benzene rings is 2. The third-order valence-corrected chi connectivity index (χ3v) is 5.28. The lowest BCUT2D eigenvalue weighted by Crippen LogP contribution is -2.25. The van der Waals surface area contributed by atoms with Crippen molar-refractivity contribution in [1.82, 2.24) is 25.1 Å². The van der Waals surface area contributed by atoms with Gasteiger partial charge in [0.15, 0.2) is 5.82 Å². The number of hydrogen-bond donors (Lipinski definition) is 2. The van der Waals surface area contributed by atoms with Crippen molar-refractivity contribution >= 4 is 17.7 Å². The van der Waals surface area contributed by atoms with Crippen molar-refractivity contribution in [3.05, 3.63) is 78.1 Å². The molecule has 5 rings (SSSR count). The van der Waals surface area contributed by atoms with Gasteiger partial charge in [-0.05, 0) is 42.7 Å². The van der Waals surface area contributed by atoms with Crippen molar-refractivity contribution in [2.45, 2.75) is 18.9 Å². The van der Waals surface area contributed by atoms with Crippen molar-refractivity contribution in [3.8, 4) is 11.3 Å². The normalized spacial score (nSPS) is 15.9. The summed E-state index contributed by atoms with van der Waals surface area (Å²) in [5.74, 6) is 0.840. The first-order valence-electron chi connectivity index (χ1n) is 9.95. The second-order valence-electron chi connectivity index (χ2n) is 7.31. The molecule has 1 atom stereocenters. The smallest absolute Gasteiger partial charge is 0.233 e. The predicted octanol–water partition coefficient (Wildman–Crippen LogP) is 4.63. The molecule has 0 amide bonds. The molecular weight excluding hydrogens is 400 g/mol. The lowest BCUT2D eigenvalue weighted by atomic mass is 10.0. The summed E-state index contributed by atoms with van der Waals surface area (Å²) in [7, 11) is 0. The van der Waals surface area contributed by atoms with Crippen molar-refractivity contribution in [3.63, 3.8) is 0 Å². The van der Waals surface area contributed by atoms with E-state index in [1.165, 1.54) is 30.6 Å². The number of nitrogens with zero attached hydrogens (tertiary/aromatic N) is 5. The molecule has 31 heavy (non-hydrogen) atoms. The predicted molar refractivity (Wildman–Crippen MR) is 113 cm³/mol. The molecule has 2 aromatic heterocycles. The monoisotopic (exact) mass is 419 g/mol. The van der Waals surface area contributed by atoms with Gasteiger partial charge in [0.25, 0.3) is 0 Å². The Labute approximate surface area is 177 Å². The summed E-state index contributed by atoms with van der Waals surface area (Å²) in [5.41, 5.74) is 2.39. The Hall–Kier alpha value is -3.88. The summed E-state index contributed by atoms with van der Waals surface area (Å²) in [6.07, 6.45) is 3.38. The van der Waals surface area contributed by atoms with Gasteiger partial charge in [-0.25, -0.2) is 18.7 Å². The third-order valence-electron chi connectivity index (χ3n) is 5.28. The Morgan fingerprint density at radius 1 is 1.00 bits per heavy atom. The van der Waals surface area contributed by atoms with Gasteiger partial charge >= 0.3 is 0 Å². The summed E-state index contributed by atoms with van der Waals surface area (Å²) >= 11 is 0. The maximum atomic E-state index is 13.5. The molecular formula is C22H19F2N7. The number of rotatable bonds is 5. The molecule has 1 unspecified atom stereocenters. The fourth-order valence-electron chi connectivity index (χ4n) is 3.83. The van der Waals surface area contributed by atoms with Crippen LogP contribution in [0.1, 0.15) is 24.4 Å². The zero-order chi connectivity index (χ0) is 21.2. The Balaban J connectivity index is 1.35. The zero-order valence-electron chi connectivity index (χ0n) is 16.5. The van der Waals surface area contributed by atoms with Gasteiger partial charge in [-0.3, -0.25) is 5.10 Å². The molecule has 0 spiro atoms. The van der Waals surface area contributed by atoms with Crippen LogP contribution in [0.15, 0.2) is 60.9 Å². The van der Waals surface area contributed by atoms with Gasteiger partial charge in [0.1, 0.15) is 18.0 Å². The Kier molecular flexibility index (Phi) is 4.99. The molecule has 0 radical (unpaired) electrons. The molecule has 4 aromatic rings. The fourth-order valence-corrected chi connectivity index (χ4v) is 3.83. The van der Waals surface area contributed by atoms with E-state index >= 15 is 0 Å². The van der Waals surface area contributed by atoms with Crippen LogP contribution in [-0.2, 0) is 0 Å². The van der Waals surface area contributed by atoms with Crippen LogP contribution < -0.4 is 10.2 Å². The van der Waals surface area contributed by atoms with E-state index in [2.05, 4.69) is 35.4 Å². The van der Waals surface area contributed by atoms with Crippen LogP contribution in [-0.4, -0.2) is 31.7 Å². The number of aromatic amines is 1. The SMILES string of the molecule is Fc1ccc(C2CCCN2c2ncnc(Nc3cc(-c4cccc(F)c4)[nH]n3)n2)cc1. The van der Waals surface area contributed by atoms with Crippen LogP contribution in [0, 0.1) is 11.6 Å². The van der Waals surface area contributed by atoms with Gasteiger partial charge in [0, 0.05) is 18.2 Å². The van der Waals surface area contributed by atoms with Gasteiger partial charge in [0.2, 0.25) is 11.9 Å². The molecule has 2 N–H and O–H groups in total. The van der Waals surface area contributed by atoms with Crippen LogP contribution in [0.2, 0.25) is 0 Å². The maximum Gasteiger partial charge on any atom is 0.233 e. The van der Waals surface area contributed by atoms with E-state index in [0.717, 1.165) is 24.9 Å². The number of H-pyrrole nitrogens is 1. The van der Waals surface area contributed by atoms with Gasteiger partial charge in [-0.15, -0.1) is 0 Å². The fraction of sp³-hybridized carbons (Fsp3) is 0.182. The van der Waals surface area contributed by atoms with E-state index in [-0.39, 0.29) is 17.7 Å². The lowest BCUT2D eigenvalue weighted by Gasteiger charge is -2.25. The Bertz CT molecular complexity index is 1190. The number of nitrogens with one attached hydrogen (secondary N) is 2. The molecule has 7 nitrogen and oxygen atoms in total. The van der Waals surface area contributed by atoms with Crippen molar-refractivity contribution in [2.75, 3.05) is 16.8 Å². The van der Waals surface area contributed by atoms with Crippen LogP contribution >= 0.6 is 0 Å². The van der Waals surface area contributed by atoms with Crippen LogP contribution in [0.25, 0.3) is 11.3 Å². The molecule has 0 saturated carbocycles. The highest BCUT2D eigenvalue weighted by molar-refractivity contribution is 5.64. The highest BCUT2D eigenvalue weighted by Gasteiger charge is 2.28. The molecule has 3 heterocycles. The summed E-state index contributed by atoms with van der Waals surface area (Å²) < 4.78 is 26.8. The number of hydrogen-bond acceptors (Lipinski definition) is 6. The van der Waals surface area contributed by atoms with E-state index < -0.39 is 0 Å². The number of anilines is 3. The second-order valence-corrected chi connectivity index (χ2v) is 7.31. The van der Waals surface area contributed by atoms with Gasteiger partial charge in [-0.1, -0.05) is 24.3 Å². The van der Waals surface area contributed by atoms with E-state index in [0.29, 0.717) is 29.0 Å². The molecule has 0 aliphatic carbocycles. The molecule has 1 aliphatic heterocycles. The zero-order valence-corrected chi connectivity index (χ0v) is 16.5.